The number of H-pyrrole nitrogens is 1. The molecule has 1 aromatic heterocycles. The highest BCUT2D eigenvalue weighted by molar-refractivity contribution is 5.76. The number of benzene rings is 2. The van der Waals surface area contributed by atoms with Crippen molar-refractivity contribution < 1.29 is 0 Å². The molecule has 1 heterocycles. The molecule has 0 aliphatic rings. The lowest BCUT2D eigenvalue weighted by Crippen LogP contribution is -2.17. The third-order valence-corrected chi connectivity index (χ3v) is 3.52. The van der Waals surface area contributed by atoms with Crippen LogP contribution in [0.1, 0.15) is 23.0 Å². The molecule has 20 heavy (non-hydrogen) atoms. The highest BCUT2D eigenvalue weighted by Gasteiger charge is 2.13. The molecule has 0 fully saturated rings. The number of fused-ring (bicyclic) bond motifs is 1. The largest absolute Gasteiger partial charge is 0.399 e. The van der Waals surface area contributed by atoms with Crippen molar-refractivity contribution in [3.05, 3.63) is 59.4 Å². The van der Waals surface area contributed by atoms with Crippen LogP contribution in [0.15, 0.2) is 42.5 Å². The number of nitrogens with zero attached hydrogens (tertiary/aromatic N) is 1. The van der Waals surface area contributed by atoms with Gasteiger partial charge in [-0.05, 0) is 49.4 Å². The van der Waals surface area contributed by atoms with E-state index in [1.54, 1.807) is 0 Å². The first-order valence-electron chi connectivity index (χ1n) is 6.66. The second-order valence-corrected chi connectivity index (χ2v) is 4.99. The number of anilines is 1. The van der Waals surface area contributed by atoms with E-state index in [0.29, 0.717) is 0 Å². The van der Waals surface area contributed by atoms with Gasteiger partial charge in [-0.3, -0.25) is 0 Å². The molecule has 0 aliphatic carbocycles. The van der Waals surface area contributed by atoms with Crippen molar-refractivity contribution in [2.24, 2.45) is 0 Å². The van der Waals surface area contributed by atoms with E-state index >= 15 is 0 Å². The minimum absolute atomic E-state index is 0.142. The molecular formula is C16H18N4. The number of aromatic amines is 1. The van der Waals surface area contributed by atoms with E-state index in [1.807, 2.05) is 26.1 Å². The van der Waals surface area contributed by atoms with Gasteiger partial charge >= 0.3 is 0 Å². The predicted molar refractivity (Wildman–Crippen MR) is 82.6 cm³/mol. The number of hydrogen-bond donors (Lipinski definition) is 3. The fraction of sp³-hybridized carbons (Fsp3) is 0.188. The number of rotatable bonds is 3. The van der Waals surface area contributed by atoms with Gasteiger partial charge in [0, 0.05) is 5.69 Å². The molecular weight excluding hydrogens is 248 g/mol. The number of nitrogen functional groups attached to an aromatic ring is 1. The molecule has 4 nitrogen and oxygen atoms in total. The number of nitrogens with two attached hydrogens (primary N) is 1. The highest BCUT2D eigenvalue weighted by Crippen LogP contribution is 2.25. The normalized spacial score (nSPS) is 12.7. The molecule has 2 aromatic carbocycles. The van der Waals surface area contributed by atoms with Crippen molar-refractivity contribution >= 4 is 16.7 Å². The summed E-state index contributed by atoms with van der Waals surface area (Å²) >= 11 is 0. The van der Waals surface area contributed by atoms with Crippen molar-refractivity contribution in [2.75, 3.05) is 12.8 Å². The molecule has 0 aliphatic heterocycles. The van der Waals surface area contributed by atoms with Crippen LogP contribution in [0.5, 0.6) is 0 Å². The van der Waals surface area contributed by atoms with Gasteiger partial charge in [0.1, 0.15) is 5.82 Å². The summed E-state index contributed by atoms with van der Waals surface area (Å²) in [4.78, 5) is 7.71. The van der Waals surface area contributed by atoms with Crippen LogP contribution in [0.2, 0.25) is 0 Å². The van der Waals surface area contributed by atoms with Gasteiger partial charge in [-0.1, -0.05) is 18.2 Å². The van der Waals surface area contributed by atoms with Crippen LogP contribution < -0.4 is 11.1 Å². The Labute approximate surface area is 118 Å². The lowest BCUT2D eigenvalue weighted by molar-refractivity contribution is 0.693. The summed E-state index contributed by atoms with van der Waals surface area (Å²) in [5, 5.41) is 3.35. The van der Waals surface area contributed by atoms with Crippen molar-refractivity contribution in [3.8, 4) is 0 Å². The van der Waals surface area contributed by atoms with Gasteiger partial charge in [-0.15, -0.1) is 0 Å². The van der Waals surface area contributed by atoms with E-state index in [4.69, 9.17) is 5.73 Å². The minimum Gasteiger partial charge on any atom is -0.399 e. The van der Waals surface area contributed by atoms with Gasteiger partial charge in [0.2, 0.25) is 0 Å². The van der Waals surface area contributed by atoms with E-state index in [2.05, 4.69) is 45.6 Å². The number of hydrogen-bond acceptors (Lipinski definition) is 3. The Bertz CT molecular complexity index is 728. The van der Waals surface area contributed by atoms with E-state index < -0.39 is 0 Å². The van der Waals surface area contributed by atoms with Gasteiger partial charge in [-0.25, -0.2) is 4.98 Å². The lowest BCUT2D eigenvalue weighted by Gasteiger charge is -2.17. The molecule has 3 aromatic rings. The van der Waals surface area contributed by atoms with E-state index in [0.717, 1.165) is 22.5 Å². The Kier molecular flexibility index (Phi) is 3.16. The quantitative estimate of drug-likeness (QED) is 0.639. The van der Waals surface area contributed by atoms with Gasteiger partial charge in [0.05, 0.1) is 17.1 Å². The molecule has 3 rings (SSSR count). The van der Waals surface area contributed by atoms with E-state index in [1.165, 1.54) is 11.1 Å². The summed E-state index contributed by atoms with van der Waals surface area (Å²) < 4.78 is 0. The van der Waals surface area contributed by atoms with Crippen LogP contribution in [0, 0.1) is 6.92 Å². The topological polar surface area (TPSA) is 66.7 Å². The fourth-order valence-electron chi connectivity index (χ4n) is 2.55. The molecule has 0 saturated carbocycles. The van der Waals surface area contributed by atoms with Crippen LogP contribution in [-0.2, 0) is 0 Å². The summed E-state index contributed by atoms with van der Waals surface area (Å²) in [6.45, 7) is 1.97. The van der Waals surface area contributed by atoms with E-state index in [-0.39, 0.29) is 6.04 Å². The molecule has 0 bridgehead atoms. The monoisotopic (exact) mass is 266 g/mol. The van der Waals surface area contributed by atoms with Crippen LogP contribution in [0.3, 0.4) is 0 Å². The Morgan fingerprint density at radius 3 is 2.50 bits per heavy atom. The Hall–Kier alpha value is -2.33. The first-order chi connectivity index (χ1) is 9.67. The van der Waals surface area contributed by atoms with Crippen LogP contribution >= 0.6 is 0 Å². The number of nitrogens with one attached hydrogen (secondary N) is 2. The molecule has 0 radical (unpaired) electrons. The minimum atomic E-state index is 0.142. The molecule has 4 N–H and O–H groups in total. The Balaban J connectivity index is 2.03. The maximum absolute atomic E-state index is 5.75. The van der Waals surface area contributed by atoms with Crippen molar-refractivity contribution in [2.45, 2.75) is 13.0 Å². The van der Waals surface area contributed by atoms with Crippen molar-refractivity contribution in [1.29, 1.82) is 0 Å². The lowest BCUT2D eigenvalue weighted by atomic mass is 9.98. The molecule has 0 amide bonds. The number of aryl methyl sites for hydroxylation is 1. The average molecular weight is 266 g/mol. The first kappa shape index (κ1) is 12.7. The number of imidazole rings is 1. The predicted octanol–water partition coefficient (Wildman–Crippen LogP) is 2.76. The zero-order valence-corrected chi connectivity index (χ0v) is 11.6. The van der Waals surface area contributed by atoms with Gasteiger partial charge < -0.3 is 16.0 Å². The smallest absolute Gasteiger partial charge is 0.104 e. The summed E-state index contributed by atoms with van der Waals surface area (Å²) in [6, 6.07) is 14.4. The molecule has 0 spiro atoms. The van der Waals surface area contributed by atoms with Gasteiger partial charge in [0.15, 0.2) is 0 Å². The third kappa shape index (κ3) is 2.26. The Morgan fingerprint density at radius 1 is 1.10 bits per heavy atom. The fourth-order valence-corrected chi connectivity index (χ4v) is 2.55. The third-order valence-electron chi connectivity index (χ3n) is 3.52. The summed E-state index contributed by atoms with van der Waals surface area (Å²) in [5.74, 6) is 0.936. The second kappa shape index (κ2) is 4.98. The molecule has 102 valence electrons. The average Bonchev–Trinajstić information content (AvgIpc) is 2.81. The molecule has 1 unspecified atom stereocenters. The maximum Gasteiger partial charge on any atom is 0.104 e. The van der Waals surface area contributed by atoms with Crippen molar-refractivity contribution in [1.82, 2.24) is 15.3 Å². The maximum atomic E-state index is 5.75. The molecule has 0 saturated heterocycles. The van der Waals surface area contributed by atoms with Crippen LogP contribution in [-0.4, -0.2) is 17.0 Å². The second-order valence-electron chi connectivity index (χ2n) is 4.99. The van der Waals surface area contributed by atoms with Crippen molar-refractivity contribution in [3.63, 3.8) is 0 Å². The summed E-state index contributed by atoms with van der Waals surface area (Å²) in [7, 11) is 1.96. The highest BCUT2D eigenvalue weighted by atomic mass is 14.9. The van der Waals surface area contributed by atoms with Gasteiger partial charge in [0.25, 0.3) is 0 Å². The first-order valence-corrected chi connectivity index (χ1v) is 6.66. The molecule has 4 heteroatoms. The Morgan fingerprint density at radius 2 is 1.80 bits per heavy atom. The van der Waals surface area contributed by atoms with Crippen LogP contribution in [0.25, 0.3) is 11.0 Å². The summed E-state index contributed by atoms with van der Waals surface area (Å²) in [5.41, 5.74) is 11.0. The van der Waals surface area contributed by atoms with Crippen LogP contribution in [0.4, 0.5) is 5.69 Å². The molecule has 1 atom stereocenters. The number of aromatic nitrogens is 2. The standard InChI is InChI=1S/C16H18N4/c1-10-19-14-8-5-12(9-15(14)20-10)16(18-2)11-3-6-13(17)7-4-11/h3-9,16,18H,17H2,1-2H3,(H,19,20). The van der Waals surface area contributed by atoms with Gasteiger partial charge in [-0.2, -0.15) is 0 Å². The SMILES string of the molecule is CNC(c1ccc(N)cc1)c1ccc2nc(C)[nH]c2c1. The zero-order chi connectivity index (χ0) is 14.1. The zero-order valence-electron chi connectivity index (χ0n) is 11.6. The van der Waals surface area contributed by atoms with E-state index in [9.17, 15) is 0 Å². The summed E-state index contributed by atoms with van der Waals surface area (Å²) in [6.07, 6.45) is 0.